The van der Waals surface area contributed by atoms with Crippen LogP contribution in [-0.4, -0.2) is 16.6 Å². The number of aliphatic hydroxyl groups is 1. The van der Waals surface area contributed by atoms with Crippen LogP contribution in [0.25, 0.3) is 0 Å². The Hall–Kier alpha value is -1.46. The number of fused-ring (bicyclic) bond motifs is 1. The average Bonchev–Trinajstić information content (AvgIpc) is 2.79. The highest BCUT2D eigenvalue weighted by atomic mass is 79.9. The third-order valence-electron chi connectivity index (χ3n) is 3.85. The normalized spacial score (nSPS) is 20.0. The van der Waals surface area contributed by atoms with Crippen LogP contribution in [0.5, 0.6) is 0 Å². The lowest BCUT2D eigenvalue weighted by Crippen LogP contribution is -3.00. The van der Waals surface area contributed by atoms with Crippen molar-refractivity contribution < 1.29 is 26.7 Å². The molecule has 21 heavy (non-hydrogen) atoms. The van der Waals surface area contributed by atoms with Gasteiger partial charge in [0.05, 0.1) is 12.7 Å². The third-order valence-corrected chi connectivity index (χ3v) is 3.85. The zero-order valence-corrected chi connectivity index (χ0v) is 13.7. The summed E-state index contributed by atoms with van der Waals surface area (Å²) in [6.45, 7) is 3.48. The monoisotopic (exact) mass is 349 g/mol. The number of hydrogen-bond donors (Lipinski definition) is 1. The van der Waals surface area contributed by atoms with Gasteiger partial charge in [0.1, 0.15) is 12.7 Å². The second-order valence-electron chi connectivity index (χ2n) is 5.24. The van der Waals surface area contributed by atoms with E-state index in [0.717, 1.165) is 30.9 Å². The van der Waals surface area contributed by atoms with E-state index >= 15 is 0 Å². The molecule has 2 aromatic rings. The highest BCUT2D eigenvalue weighted by molar-refractivity contribution is 5.37. The number of rotatable bonds is 4. The van der Waals surface area contributed by atoms with E-state index in [1.54, 1.807) is 6.20 Å². The van der Waals surface area contributed by atoms with Crippen LogP contribution in [-0.2, 0) is 12.3 Å². The number of benzene rings is 1. The molecule has 0 spiro atoms. The van der Waals surface area contributed by atoms with Crippen LogP contribution in [0.1, 0.15) is 25.3 Å². The van der Waals surface area contributed by atoms with Crippen molar-refractivity contribution in [1.29, 1.82) is 0 Å². The molecule has 1 aromatic heterocycles. The van der Waals surface area contributed by atoms with Gasteiger partial charge in [0, 0.05) is 11.6 Å². The predicted octanol–water partition coefficient (Wildman–Crippen LogP) is -1.16. The summed E-state index contributed by atoms with van der Waals surface area (Å²) in [6, 6.07) is 11.8. The van der Waals surface area contributed by atoms with Gasteiger partial charge in [0.25, 0.3) is 0 Å². The fourth-order valence-electron chi connectivity index (χ4n) is 2.78. The Bertz CT molecular complexity index is 593. The number of halogens is 1. The van der Waals surface area contributed by atoms with Crippen molar-refractivity contribution in [2.45, 2.75) is 32.0 Å². The Balaban J connectivity index is 0.00000161. The van der Waals surface area contributed by atoms with Crippen molar-refractivity contribution in [2.75, 3.05) is 11.4 Å². The molecule has 0 saturated carbocycles. The summed E-state index contributed by atoms with van der Waals surface area (Å²) in [4.78, 5) is 6.46. The molecule has 0 aliphatic carbocycles. The molecule has 3 rings (SSSR count). The SMILES string of the molecule is CCCCN1c2nccc[n+]2CC1(O)c1ccccc1.[Br-]. The topological polar surface area (TPSA) is 40.2 Å². The molecule has 5 heteroatoms. The van der Waals surface area contributed by atoms with Gasteiger partial charge in [-0.3, -0.25) is 0 Å². The zero-order chi connectivity index (χ0) is 14.0. The van der Waals surface area contributed by atoms with Crippen LogP contribution in [0.2, 0.25) is 0 Å². The Morgan fingerprint density at radius 1 is 1.29 bits per heavy atom. The molecule has 0 radical (unpaired) electrons. The number of anilines is 1. The van der Waals surface area contributed by atoms with Gasteiger partial charge in [-0.1, -0.05) is 48.7 Å². The first-order valence-corrected chi connectivity index (χ1v) is 7.15. The molecule has 112 valence electrons. The summed E-state index contributed by atoms with van der Waals surface area (Å²) in [5.41, 5.74) is -0.0840. The van der Waals surface area contributed by atoms with Gasteiger partial charge in [-0.15, -0.1) is 0 Å². The Morgan fingerprint density at radius 2 is 2.05 bits per heavy atom. The van der Waals surface area contributed by atoms with Crippen molar-refractivity contribution in [3.63, 3.8) is 0 Å². The third kappa shape index (κ3) is 2.80. The van der Waals surface area contributed by atoms with E-state index in [4.69, 9.17) is 0 Å². The molecule has 1 aliphatic heterocycles. The first-order valence-electron chi connectivity index (χ1n) is 7.15. The lowest BCUT2D eigenvalue weighted by Gasteiger charge is -2.28. The minimum Gasteiger partial charge on any atom is -1.00 e. The second-order valence-corrected chi connectivity index (χ2v) is 5.24. The molecule has 1 aliphatic rings. The number of aromatic nitrogens is 2. The van der Waals surface area contributed by atoms with E-state index in [0.29, 0.717) is 6.54 Å². The van der Waals surface area contributed by atoms with Gasteiger partial charge in [0.15, 0.2) is 0 Å². The lowest BCUT2D eigenvalue weighted by atomic mass is 10.0. The lowest BCUT2D eigenvalue weighted by molar-refractivity contribution is -0.685. The zero-order valence-electron chi connectivity index (χ0n) is 12.1. The Labute approximate surface area is 135 Å². The van der Waals surface area contributed by atoms with Crippen LogP contribution in [0.3, 0.4) is 0 Å². The number of nitrogens with zero attached hydrogens (tertiary/aromatic N) is 3. The minimum atomic E-state index is -1.00. The van der Waals surface area contributed by atoms with Crippen LogP contribution in [0.15, 0.2) is 48.8 Å². The van der Waals surface area contributed by atoms with Crippen LogP contribution in [0.4, 0.5) is 5.95 Å². The maximum absolute atomic E-state index is 11.2. The molecular formula is C16H20BrN3O. The van der Waals surface area contributed by atoms with Crippen molar-refractivity contribution >= 4 is 5.95 Å². The van der Waals surface area contributed by atoms with E-state index in [-0.39, 0.29) is 17.0 Å². The van der Waals surface area contributed by atoms with Gasteiger partial charge < -0.3 is 22.1 Å². The fraction of sp³-hybridized carbons (Fsp3) is 0.375. The number of hydrogen-bond acceptors (Lipinski definition) is 3. The van der Waals surface area contributed by atoms with Crippen molar-refractivity contribution in [3.05, 3.63) is 54.4 Å². The maximum Gasteiger partial charge on any atom is 0.396 e. The molecule has 0 fully saturated rings. The van der Waals surface area contributed by atoms with E-state index in [2.05, 4.69) is 11.9 Å². The summed E-state index contributed by atoms with van der Waals surface area (Å²) in [7, 11) is 0. The first-order chi connectivity index (χ1) is 9.75. The van der Waals surface area contributed by atoms with Gasteiger partial charge in [-0.05, 0) is 6.42 Å². The molecule has 2 heterocycles. The quantitative estimate of drug-likeness (QED) is 0.708. The van der Waals surface area contributed by atoms with E-state index in [9.17, 15) is 5.11 Å². The smallest absolute Gasteiger partial charge is 0.396 e. The largest absolute Gasteiger partial charge is 1.00 e. The molecule has 0 bridgehead atoms. The molecule has 0 amide bonds. The summed E-state index contributed by atoms with van der Waals surface area (Å²) < 4.78 is 2.02. The van der Waals surface area contributed by atoms with E-state index in [1.165, 1.54) is 0 Å². The predicted molar refractivity (Wildman–Crippen MR) is 77.0 cm³/mol. The summed E-state index contributed by atoms with van der Waals surface area (Å²) in [6.07, 6.45) is 5.88. The highest BCUT2D eigenvalue weighted by Gasteiger charge is 2.50. The first kappa shape index (κ1) is 15.9. The second kappa shape index (κ2) is 6.54. The van der Waals surface area contributed by atoms with E-state index < -0.39 is 5.72 Å². The highest BCUT2D eigenvalue weighted by Crippen LogP contribution is 2.33. The molecule has 1 atom stereocenters. The Kier molecular flexibility index (Phi) is 4.96. The van der Waals surface area contributed by atoms with Gasteiger partial charge >= 0.3 is 5.95 Å². The van der Waals surface area contributed by atoms with E-state index in [1.807, 2.05) is 52.1 Å². The molecule has 0 saturated heterocycles. The van der Waals surface area contributed by atoms with Crippen LogP contribution < -0.4 is 26.4 Å². The average molecular weight is 350 g/mol. The summed E-state index contributed by atoms with van der Waals surface area (Å²) >= 11 is 0. The van der Waals surface area contributed by atoms with Crippen molar-refractivity contribution in [3.8, 4) is 0 Å². The van der Waals surface area contributed by atoms with Crippen molar-refractivity contribution in [1.82, 2.24) is 4.98 Å². The summed E-state index contributed by atoms with van der Waals surface area (Å²) in [5, 5.41) is 11.2. The molecule has 1 N–H and O–H groups in total. The van der Waals surface area contributed by atoms with Gasteiger partial charge in [-0.2, -0.15) is 0 Å². The number of unbranched alkanes of at least 4 members (excludes halogenated alkanes) is 1. The fourth-order valence-corrected chi connectivity index (χ4v) is 2.78. The standard InChI is InChI=1S/C16H20N3O.BrH/c1-2-3-12-19-15-17-10-7-11-18(15)13-16(19,20)14-8-5-4-6-9-14;/h4-11,20H,2-3,12-13H2,1H3;1H/q+1;/p-1. The van der Waals surface area contributed by atoms with Gasteiger partial charge in [0.2, 0.25) is 5.72 Å². The summed E-state index contributed by atoms with van der Waals surface area (Å²) in [5.74, 6) is 0.840. The molecule has 1 unspecified atom stereocenters. The van der Waals surface area contributed by atoms with Crippen LogP contribution in [0, 0.1) is 0 Å². The van der Waals surface area contributed by atoms with Gasteiger partial charge in [-0.25, -0.2) is 9.47 Å². The molecule has 4 nitrogen and oxygen atoms in total. The molecular weight excluding hydrogens is 330 g/mol. The minimum absolute atomic E-state index is 0. The van der Waals surface area contributed by atoms with Crippen LogP contribution >= 0.6 is 0 Å². The Morgan fingerprint density at radius 3 is 2.76 bits per heavy atom. The van der Waals surface area contributed by atoms with Crippen molar-refractivity contribution in [2.24, 2.45) is 0 Å². The maximum atomic E-state index is 11.2. The molecule has 1 aromatic carbocycles.